The number of anilines is 1. The molecular weight excluding hydrogens is 336 g/mol. The molecule has 3 rings (SSSR count). The third-order valence-corrected chi connectivity index (χ3v) is 4.64. The van der Waals surface area contributed by atoms with Crippen LogP contribution in [0.4, 0.5) is 5.82 Å². The van der Waals surface area contributed by atoms with Crippen molar-refractivity contribution < 1.29 is 4.84 Å². The topological polar surface area (TPSA) is 41.0 Å². The lowest BCUT2D eigenvalue weighted by Crippen LogP contribution is -2.47. The maximum Gasteiger partial charge on any atom is 0.128 e. The van der Waals surface area contributed by atoms with Gasteiger partial charge in [-0.15, -0.1) is 0 Å². The SMILES string of the molecule is CO/N=C(\CCN1CCN(c2ccccn2)CC1)c1ccc(Cl)cc1. The van der Waals surface area contributed by atoms with E-state index in [4.69, 9.17) is 16.4 Å². The summed E-state index contributed by atoms with van der Waals surface area (Å²) in [5, 5.41) is 4.93. The average Bonchev–Trinajstić information content (AvgIpc) is 2.67. The summed E-state index contributed by atoms with van der Waals surface area (Å²) in [5.74, 6) is 1.06. The zero-order chi connectivity index (χ0) is 17.5. The van der Waals surface area contributed by atoms with Gasteiger partial charge in [-0.3, -0.25) is 4.90 Å². The van der Waals surface area contributed by atoms with Crippen LogP contribution in [0.3, 0.4) is 0 Å². The first-order valence-corrected chi connectivity index (χ1v) is 8.88. The molecule has 1 aliphatic rings. The van der Waals surface area contributed by atoms with Gasteiger partial charge in [0, 0.05) is 50.4 Å². The molecule has 0 radical (unpaired) electrons. The van der Waals surface area contributed by atoms with Crippen LogP contribution in [0.25, 0.3) is 0 Å². The molecule has 2 heterocycles. The number of rotatable bonds is 6. The van der Waals surface area contributed by atoms with Gasteiger partial charge < -0.3 is 9.74 Å². The number of halogens is 1. The number of pyridine rings is 1. The van der Waals surface area contributed by atoms with E-state index in [1.54, 1.807) is 7.11 Å². The second kappa shape index (κ2) is 8.83. The summed E-state index contributed by atoms with van der Waals surface area (Å²) in [4.78, 5) is 14.2. The fraction of sp³-hybridized carbons (Fsp3) is 0.368. The third kappa shape index (κ3) is 4.94. The van der Waals surface area contributed by atoms with E-state index in [1.807, 2.05) is 42.6 Å². The zero-order valence-electron chi connectivity index (χ0n) is 14.4. The molecule has 1 saturated heterocycles. The van der Waals surface area contributed by atoms with Crippen LogP contribution >= 0.6 is 11.6 Å². The lowest BCUT2D eigenvalue weighted by atomic mass is 10.1. The van der Waals surface area contributed by atoms with Crippen LogP contribution in [-0.4, -0.2) is 55.4 Å². The smallest absolute Gasteiger partial charge is 0.128 e. The molecule has 0 atom stereocenters. The van der Waals surface area contributed by atoms with Crippen LogP contribution in [0.15, 0.2) is 53.8 Å². The standard InChI is InChI=1S/C19H23ClN4O/c1-25-22-18(16-5-7-17(20)8-6-16)9-11-23-12-14-24(15-13-23)19-4-2-3-10-21-19/h2-8,10H,9,11-15H2,1H3/b22-18+. The monoisotopic (exact) mass is 358 g/mol. The molecule has 6 heteroatoms. The maximum atomic E-state index is 5.97. The van der Waals surface area contributed by atoms with Gasteiger partial charge in [0.2, 0.25) is 0 Å². The molecule has 1 aromatic carbocycles. The van der Waals surface area contributed by atoms with E-state index in [0.717, 1.165) is 61.3 Å². The summed E-state index contributed by atoms with van der Waals surface area (Å²) in [6.45, 7) is 5.00. The molecule has 2 aromatic rings. The Hall–Kier alpha value is -2.11. The molecular formula is C19H23ClN4O. The highest BCUT2D eigenvalue weighted by Crippen LogP contribution is 2.15. The molecule has 0 spiro atoms. The van der Waals surface area contributed by atoms with E-state index >= 15 is 0 Å². The lowest BCUT2D eigenvalue weighted by molar-refractivity contribution is 0.211. The Kier molecular flexibility index (Phi) is 6.25. The van der Waals surface area contributed by atoms with E-state index in [0.29, 0.717) is 0 Å². The minimum atomic E-state index is 0.728. The van der Waals surface area contributed by atoms with E-state index in [-0.39, 0.29) is 0 Å². The predicted molar refractivity (Wildman–Crippen MR) is 103 cm³/mol. The fourth-order valence-corrected chi connectivity index (χ4v) is 3.13. The molecule has 0 N–H and O–H groups in total. The summed E-state index contributed by atoms with van der Waals surface area (Å²) >= 11 is 5.97. The molecule has 0 saturated carbocycles. The summed E-state index contributed by atoms with van der Waals surface area (Å²) in [5.41, 5.74) is 2.00. The second-order valence-corrected chi connectivity index (χ2v) is 6.43. The number of nitrogens with zero attached hydrogens (tertiary/aromatic N) is 4. The zero-order valence-corrected chi connectivity index (χ0v) is 15.2. The van der Waals surface area contributed by atoms with Crippen LogP contribution in [0, 0.1) is 0 Å². The van der Waals surface area contributed by atoms with Gasteiger partial charge in [-0.05, 0) is 29.8 Å². The van der Waals surface area contributed by atoms with Crippen molar-refractivity contribution in [1.29, 1.82) is 0 Å². The molecule has 1 aromatic heterocycles. The molecule has 0 bridgehead atoms. The van der Waals surface area contributed by atoms with Crippen molar-refractivity contribution in [3.05, 3.63) is 59.2 Å². The Bertz CT molecular complexity index is 682. The van der Waals surface area contributed by atoms with Crippen molar-refractivity contribution >= 4 is 23.1 Å². The van der Waals surface area contributed by atoms with E-state index in [1.165, 1.54) is 0 Å². The highest BCUT2D eigenvalue weighted by molar-refractivity contribution is 6.30. The second-order valence-electron chi connectivity index (χ2n) is 5.99. The molecule has 0 amide bonds. The van der Waals surface area contributed by atoms with E-state index < -0.39 is 0 Å². The Morgan fingerprint density at radius 1 is 1.12 bits per heavy atom. The van der Waals surface area contributed by atoms with Crippen LogP contribution in [0.1, 0.15) is 12.0 Å². The maximum absolute atomic E-state index is 5.97. The summed E-state index contributed by atoms with van der Waals surface area (Å²) in [6, 6.07) is 13.8. The van der Waals surface area contributed by atoms with Crippen molar-refractivity contribution in [1.82, 2.24) is 9.88 Å². The number of benzene rings is 1. The Morgan fingerprint density at radius 2 is 1.88 bits per heavy atom. The minimum Gasteiger partial charge on any atom is -0.399 e. The Morgan fingerprint density at radius 3 is 2.52 bits per heavy atom. The quantitative estimate of drug-likeness (QED) is 0.587. The first-order chi connectivity index (χ1) is 12.3. The van der Waals surface area contributed by atoms with Crippen LogP contribution in [-0.2, 0) is 4.84 Å². The number of hydrogen-bond acceptors (Lipinski definition) is 5. The third-order valence-electron chi connectivity index (χ3n) is 4.39. The molecule has 25 heavy (non-hydrogen) atoms. The number of aromatic nitrogens is 1. The van der Waals surface area contributed by atoms with Gasteiger partial charge in [0.25, 0.3) is 0 Å². The minimum absolute atomic E-state index is 0.728. The van der Waals surface area contributed by atoms with E-state index in [9.17, 15) is 0 Å². The van der Waals surface area contributed by atoms with Crippen molar-refractivity contribution in [2.75, 3.05) is 44.7 Å². The predicted octanol–water partition coefficient (Wildman–Crippen LogP) is 3.30. The van der Waals surface area contributed by atoms with Gasteiger partial charge in [0.15, 0.2) is 0 Å². The van der Waals surface area contributed by atoms with Crippen molar-refractivity contribution in [3.8, 4) is 0 Å². The molecule has 0 aliphatic carbocycles. The van der Waals surface area contributed by atoms with Gasteiger partial charge in [-0.1, -0.05) is 35.0 Å². The van der Waals surface area contributed by atoms with Crippen molar-refractivity contribution in [2.45, 2.75) is 6.42 Å². The number of oxime groups is 1. The Labute approximate surface area is 153 Å². The molecule has 132 valence electrons. The average molecular weight is 359 g/mol. The van der Waals surface area contributed by atoms with Gasteiger partial charge in [-0.2, -0.15) is 0 Å². The van der Waals surface area contributed by atoms with Crippen LogP contribution in [0.2, 0.25) is 5.02 Å². The highest BCUT2D eigenvalue weighted by Gasteiger charge is 2.18. The van der Waals surface area contributed by atoms with Gasteiger partial charge in [-0.25, -0.2) is 4.98 Å². The number of piperazine rings is 1. The molecule has 1 fully saturated rings. The highest BCUT2D eigenvalue weighted by atomic mass is 35.5. The molecule has 5 nitrogen and oxygen atoms in total. The lowest BCUT2D eigenvalue weighted by Gasteiger charge is -2.35. The normalized spacial score (nSPS) is 16.1. The summed E-state index contributed by atoms with van der Waals surface area (Å²) in [7, 11) is 1.58. The van der Waals surface area contributed by atoms with Gasteiger partial charge in [0.1, 0.15) is 12.9 Å². The molecule has 1 aliphatic heterocycles. The summed E-state index contributed by atoms with van der Waals surface area (Å²) in [6.07, 6.45) is 2.69. The molecule has 0 unspecified atom stereocenters. The number of hydrogen-bond donors (Lipinski definition) is 0. The van der Waals surface area contributed by atoms with Crippen LogP contribution < -0.4 is 4.90 Å². The first kappa shape index (κ1) is 17.7. The van der Waals surface area contributed by atoms with Crippen LogP contribution in [0.5, 0.6) is 0 Å². The van der Waals surface area contributed by atoms with Gasteiger partial charge >= 0.3 is 0 Å². The van der Waals surface area contributed by atoms with Gasteiger partial charge in [0.05, 0.1) is 5.71 Å². The first-order valence-electron chi connectivity index (χ1n) is 8.50. The Balaban J connectivity index is 1.53. The van der Waals surface area contributed by atoms with Crippen molar-refractivity contribution in [2.24, 2.45) is 5.16 Å². The van der Waals surface area contributed by atoms with Crippen molar-refractivity contribution in [3.63, 3.8) is 0 Å². The fourth-order valence-electron chi connectivity index (χ4n) is 3.00. The van der Waals surface area contributed by atoms with E-state index in [2.05, 4.69) is 26.0 Å². The summed E-state index contributed by atoms with van der Waals surface area (Å²) < 4.78 is 0. The largest absolute Gasteiger partial charge is 0.399 e.